The normalized spacial score (nSPS) is 12.4. The summed E-state index contributed by atoms with van der Waals surface area (Å²) in [4.78, 5) is 2.19. The summed E-state index contributed by atoms with van der Waals surface area (Å²) in [5.41, 5.74) is 0.891. The number of hydrogen-bond acceptors (Lipinski definition) is 3. The third-order valence-electron chi connectivity index (χ3n) is 2.46. The zero-order chi connectivity index (χ0) is 11.5. The van der Waals surface area contributed by atoms with Crippen LogP contribution in [0.2, 0.25) is 0 Å². The molecule has 0 saturated carbocycles. The van der Waals surface area contributed by atoms with Gasteiger partial charge in [0.2, 0.25) is 0 Å². The van der Waals surface area contributed by atoms with Crippen LogP contribution in [-0.4, -0.2) is 12.2 Å². The number of ether oxygens (including phenoxy) is 1. The fourth-order valence-corrected chi connectivity index (χ4v) is 2.44. The van der Waals surface area contributed by atoms with Gasteiger partial charge in [-0.3, -0.25) is 0 Å². The second-order valence-electron chi connectivity index (χ2n) is 3.62. The number of rotatable bonds is 3. The van der Waals surface area contributed by atoms with Crippen LogP contribution in [0.1, 0.15) is 21.4 Å². The monoisotopic (exact) mass is 234 g/mol. The number of thiophene rings is 1. The molecule has 1 aromatic heterocycles. The van der Waals surface area contributed by atoms with Gasteiger partial charge in [-0.1, -0.05) is 12.1 Å². The van der Waals surface area contributed by atoms with Gasteiger partial charge in [0.15, 0.2) is 0 Å². The molecule has 2 nitrogen and oxygen atoms in total. The van der Waals surface area contributed by atoms with Gasteiger partial charge in [-0.15, -0.1) is 11.3 Å². The van der Waals surface area contributed by atoms with Gasteiger partial charge in [0, 0.05) is 9.75 Å². The SMILES string of the molecule is COc1ccc([C@@H](O)c2ccc(C)s2)cc1. The van der Waals surface area contributed by atoms with E-state index in [1.54, 1.807) is 18.4 Å². The van der Waals surface area contributed by atoms with Gasteiger partial charge in [-0.05, 0) is 36.8 Å². The molecule has 16 heavy (non-hydrogen) atoms. The van der Waals surface area contributed by atoms with Crippen molar-refractivity contribution >= 4 is 11.3 Å². The Morgan fingerprint density at radius 3 is 2.31 bits per heavy atom. The summed E-state index contributed by atoms with van der Waals surface area (Å²) in [6, 6.07) is 11.5. The Kier molecular flexibility index (Phi) is 3.27. The average molecular weight is 234 g/mol. The second kappa shape index (κ2) is 4.68. The molecule has 0 radical (unpaired) electrons. The second-order valence-corrected chi connectivity index (χ2v) is 4.94. The van der Waals surface area contributed by atoms with Crippen LogP contribution in [0.3, 0.4) is 0 Å². The summed E-state index contributed by atoms with van der Waals surface area (Å²) in [7, 11) is 1.63. The van der Waals surface area contributed by atoms with Gasteiger partial charge in [-0.2, -0.15) is 0 Å². The minimum atomic E-state index is -0.537. The zero-order valence-corrected chi connectivity index (χ0v) is 10.1. The van der Waals surface area contributed by atoms with E-state index in [0.29, 0.717) is 0 Å². The lowest BCUT2D eigenvalue weighted by molar-refractivity contribution is 0.224. The summed E-state index contributed by atoms with van der Waals surface area (Å²) in [5.74, 6) is 0.804. The van der Waals surface area contributed by atoms with Crippen LogP contribution >= 0.6 is 11.3 Å². The number of aliphatic hydroxyl groups excluding tert-OH is 1. The zero-order valence-electron chi connectivity index (χ0n) is 9.31. The first kappa shape index (κ1) is 11.2. The van der Waals surface area contributed by atoms with Gasteiger partial charge >= 0.3 is 0 Å². The third kappa shape index (κ3) is 2.26. The highest BCUT2D eigenvalue weighted by molar-refractivity contribution is 7.12. The van der Waals surface area contributed by atoms with Crippen molar-refractivity contribution in [1.29, 1.82) is 0 Å². The highest BCUT2D eigenvalue weighted by atomic mass is 32.1. The molecule has 0 saturated heterocycles. The van der Waals surface area contributed by atoms with Crippen molar-refractivity contribution < 1.29 is 9.84 Å². The quantitative estimate of drug-likeness (QED) is 0.884. The first-order chi connectivity index (χ1) is 7.70. The maximum absolute atomic E-state index is 10.1. The van der Waals surface area contributed by atoms with E-state index in [4.69, 9.17) is 4.74 Å². The van der Waals surface area contributed by atoms with Gasteiger partial charge in [-0.25, -0.2) is 0 Å². The van der Waals surface area contributed by atoms with E-state index in [-0.39, 0.29) is 0 Å². The number of methoxy groups -OCH3 is 1. The maximum atomic E-state index is 10.1. The highest BCUT2D eigenvalue weighted by Crippen LogP contribution is 2.28. The molecule has 84 valence electrons. The largest absolute Gasteiger partial charge is 0.497 e. The number of hydrogen-bond donors (Lipinski definition) is 1. The number of benzene rings is 1. The molecule has 0 fully saturated rings. The van der Waals surface area contributed by atoms with E-state index in [0.717, 1.165) is 16.2 Å². The summed E-state index contributed by atoms with van der Waals surface area (Å²) in [5, 5.41) is 10.1. The smallest absolute Gasteiger partial charge is 0.118 e. The topological polar surface area (TPSA) is 29.5 Å². The molecule has 1 heterocycles. The molecule has 0 bridgehead atoms. The lowest BCUT2D eigenvalue weighted by Gasteiger charge is -2.09. The Morgan fingerprint density at radius 2 is 1.81 bits per heavy atom. The summed E-state index contributed by atoms with van der Waals surface area (Å²) >= 11 is 1.62. The van der Waals surface area contributed by atoms with Crippen molar-refractivity contribution in [2.45, 2.75) is 13.0 Å². The van der Waals surface area contributed by atoms with E-state index in [2.05, 4.69) is 0 Å². The van der Waals surface area contributed by atoms with Crippen LogP contribution in [0, 0.1) is 6.92 Å². The van der Waals surface area contributed by atoms with Crippen LogP contribution in [0.15, 0.2) is 36.4 Å². The maximum Gasteiger partial charge on any atom is 0.118 e. The summed E-state index contributed by atoms with van der Waals surface area (Å²) in [6.07, 6.45) is -0.537. The minimum Gasteiger partial charge on any atom is -0.497 e. The van der Waals surface area contributed by atoms with E-state index in [1.165, 1.54) is 4.88 Å². The Labute approximate surface area is 99.1 Å². The van der Waals surface area contributed by atoms with Gasteiger partial charge < -0.3 is 9.84 Å². The molecule has 2 rings (SSSR count). The van der Waals surface area contributed by atoms with Crippen LogP contribution in [0.25, 0.3) is 0 Å². The van der Waals surface area contributed by atoms with Crippen molar-refractivity contribution in [2.24, 2.45) is 0 Å². The molecule has 0 aliphatic carbocycles. The van der Waals surface area contributed by atoms with Gasteiger partial charge in [0.05, 0.1) is 7.11 Å². The fourth-order valence-electron chi connectivity index (χ4n) is 1.55. The first-order valence-electron chi connectivity index (χ1n) is 5.09. The highest BCUT2D eigenvalue weighted by Gasteiger charge is 2.11. The van der Waals surface area contributed by atoms with Crippen molar-refractivity contribution in [1.82, 2.24) is 0 Å². The molecule has 0 spiro atoms. The molecule has 1 aromatic carbocycles. The number of aliphatic hydroxyl groups is 1. The average Bonchev–Trinajstić information content (AvgIpc) is 2.75. The van der Waals surface area contributed by atoms with Crippen LogP contribution in [0.4, 0.5) is 0 Å². The van der Waals surface area contributed by atoms with Crippen molar-refractivity contribution in [3.8, 4) is 5.75 Å². The molecule has 1 N–H and O–H groups in total. The third-order valence-corrected chi connectivity index (χ3v) is 3.52. The predicted octanol–water partition coefficient (Wildman–Crippen LogP) is 3.15. The predicted molar refractivity (Wildman–Crippen MR) is 66.1 cm³/mol. The molecular formula is C13H14O2S. The van der Waals surface area contributed by atoms with Gasteiger partial charge in [0.1, 0.15) is 11.9 Å². The molecule has 0 amide bonds. The molecule has 1 atom stereocenters. The van der Waals surface area contributed by atoms with E-state index in [9.17, 15) is 5.11 Å². The minimum absolute atomic E-state index is 0.537. The lowest BCUT2D eigenvalue weighted by atomic mass is 10.1. The number of aryl methyl sites for hydroxylation is 1. The Bertz CT molecular complexity index is 459. The molecule has 0 aliphatic rings. The lowest BCUT2D eigenvalue weighted by Crippen LogP contribution is -1.96. The Hall–Kier alpha value is -1.32. The molecular weight excluding hydrogens is 220 g/mol. The molecule has 0 aliphatic heterocycles. The molecule has 3 heteroatoms. The van der Waals surface area contributed by atoms with E-state index < -0.39 is 6.10 Å². The van der Waals surface area contributed by atoms with Crippen LogP contribution < -0.4 is 4.74 Å². The van der Waals surface area contributed by atoms with Crippen LogP contribution in [-0.2, 0) is 0 Å². The van der Waals surface area contributed by atoms with Crippen molar-refractivity contribution in [2.75, 3.05) is 7.11 Å². The molecule has 0 unspecified atom stereocenters. The van der Waals surface area contributed by atoms with E-state index in [1.807, 2.05) is 43.3 Å². The Balaban J connectivity index is 2.23. The van der Waals surface area contributed by atoms with Crippen molar-refractivity contribution in [3.05, 3.63) is 51.7 Å². The fraction of sp³-hybridized carbons (Fsp3) is 0.231. The Morgan fingerprint density at radius 1 is 1.12 bits per heavy atom. The molecule has 2 aromatic rings. The van der Waals surface area contributed by atoms with Gasteiger partial charge in [0.25, 0.3) is 0 Å². The standard InChI is InChI=1S/C13H14O2S/c1-9-3-8-12(16-9)13(14)10-4-6-11(15-2)7-5-10/h3-8,13-14H,1-2H3/t13-/m1/s1. The van der Waals surface area contributed by atoms with Crippen molar-refractivity contribution in [3.63, 3.8) is 0 Å². The summed E-state index contributed by atoms with van der Waals surface area (Å²) in [6.45, 7) is 2.04. The summed E-state index contributed by atoms with van der Waals surface area (Å²) < 4.78 is 5.08. The first-order valence-corrected chi connectivity index (χ1v) is 5.90. The van der Waals surface area contributed by atoms with Crippen LogP contribution in [0.5, 0.6) is 5.75 Å². The van der Waals surface area contributed by atoms with E-state index >= 15 is 0 Å².